The summed E-state index contributed by atoms with van der Waals surface area (Å²) in [5, 5.41) is 9.95. The Morgan fingerprint density at radius 2 is 1.71 bits per heavy atom. The van der Waals surface area contributed by atoms with Gasteiger partial charge in [-0.05, 0) is 37.5 Å². The molecule has 1 N–H and O–H groups in total. The molecule has 78 valence electrons. The lowest BCUT2D eigenvalue weighted by Crippen LogP contribution is -2.01. The lowest BCUT2D eigenvalue weighted by Gasteiger charge is -2.16. The van der Waals surface area contributed by atoms with E-state index >= 15 is 0 Å². The van der Waals surface area contributed by atoms with Crippen molar-refractivity contribution < 1.29 is 9.84 Å². The maximum atomic E-state index is 9.23. The van der Waals surface area contributed by atoms with E-state index in [1.807, 2.05) is 20.8 Å². The molecule has 0 aromatic heterocycles. The van der Waals surface area contributed by atoms with E-state index in [4.69, 9.17) is 16.3 Å². The number of rotatable bonds is 2. The Kier molecular flexibility index (Phi) is 3.40. The van der Waals surface area contributed by atoms with Crippen molar-refractivity contribution in [1.82, 2.24) is 0 Å². The summed E-state index contributed by atoms with van der Waals surface area (Å²) in [7, 11) is 1.61. The molecule has 0 atom stereocenters. The van der Waals surface area contributed by atoms with Crippen molar-refractivity contribution in [3.63, 3.8) is 0 Å². The van der Waals surface area contributed by atoms with Crippen LogP contribution >= 0.6 is 11.6 Å². The maximum absolute atomic E-state index is 9.23. The molecule has 14 heavy (non-hydrogen) atoms. The van der Waals surface area contributed by atoms with Crippen LogP contribution in [0, 0.1) is 20.8 Å². The molecule has 1 aromatic carbocycles. The van der Waals surface area contributed by atoms with Crippen LogP contribution < -0.4 is 4.74 Å². The zero-order valence-corrected chi connectivity index (χ0v) is 9.70. The van der Waals surface area contributed by atoms with E-state index < -0.39 is 0 Å². The van der Waals surface area contributed by atoms with Crippen molar-refractivity contribution in [1.29, 1.82) is 0 Å². The Morgan fingerprint density at radius 1 is 1.14 bits per heavy atom. The first-order valence-corrected chi connectivity index (χ1v) is 4.85. The Balaban J connectivity index is 3.57. The Bertz CT molecular complexity index is 324. The van der Waals surface area contributed by atoms with Crippen molar-refractivity contribution in [3.05, 3.63) is 27.3 Å². The van der Waals surface area contributed by atoms with Gasteiger partial charge in [-0.3, -0.25) is 0 Å². The first-order chi connectivity index (χ1) is 6.54. The molecule has 0 bridgehead atoms. The first kappa shape index (κ1) is 11.3. The Morgan fingerprint density at radius 3 is 2.14 bits per heavy atom. The molecule has 0 aliphatic rings. The molecule has 0 aliphatic carbocycles. The van der Waals surface area contributed by atoms with Gasteiger partial charge in [-0.15, -0.1) is 0 Å². The van der Waals surface area contributed by atoms with Gasteiger partial charge in [0.25, 0.3) is 0 Å². The third kappa shape index (κ3) is 1.60. The van der Waals surface area contributed by atoms with Gasteiger partial charge in [0.05, 0.1) is 13.7 Å². The fraction of sp³-hybridized carbons (Fsp3) is 0.455. The summed E-state index contributed by atoms with van der Waals surface area (Å²) in [6.07, 6.45) is 0. The van der Waals surface area contributed by atoms with Crippen molar-refractivity contribution >= 4 is 11.6 Å². The molecule has 0 fully saturated rings. The number of halogens is 1. The Labute approximate surface area is 89.5 Å². The SMILES string of the molecule is COc1c(C)c(C)c(Cl)c(C)c1CO. The van der Waals surface area contributed by atoms with E-state index in [0.717, 1.165) is 28.0 Å². The summed E-state index contributed by atoms with van der Waals surface area (Å²) in [4.78, 5) is 0. The topological polar surface area (TPSA) is 29.5 Å². The standard InChI is InChI=1S/C11H15ClO2/c1-6-7(2)11(14-4)9(5-13)8(3)10(6)12/h13H,5H2,1-4H3. The molecule has 1 rings (SSSR count). The monoisotopic (exact) mass is 214 g/mol. The molecule has 0 saturated heterocycles. The van der Waals surface area contributed by atoms with E-state index in [0.29, 0.717) is 5.02 Å². The Hall–Kier alpha value is -0.730. The number of benzene rings is 1. The van der Waals surface area contributed by atoms with Crippen LogP contribution in [0.5, 0.6) is 5.75 Å². The zero-order valence-electron chi connectivity index (χ0n) is 8.94. The lowest BCUT2D eigenvalue weighted by molar-refractivity contribution is 0.272. The van der Waals surface area contributed by atoms with Crippen LogP contribution in [0.25, 0.3) is 0 Å². The third-order valence-electron chi connectivity index (χ3n) is 2.65. The van der Waals surface area contributed by atoms with Gasteiger partial charge in [0.2, 0.25) is 0 Å². The fourth-order valence-corrected chi connectivity index (χ4v) is 1.87. The molecule has 0 heterocycles. The van der Waals surface area contributed by atoms with E-state index in [9.17, 15) is 5.11 Å². The molecule has 3 heteroatoms. The molecule has 0 spiro atoms. The minimum Gasteiger partial charge on any atom is -0.496 e. The average molecular weight is 215 g/mol. The average Bonchev–Trinajstić information content (AvgIpc) is 2.20. The lowest BCUT2D eigenvalue weighted by atomic mass is 9.99. The largest absolute Gasteiger partial charge is 0.496 e. The van der Waals surface area contributed by atoms with Gasteiger partial charge in [0.1, 0.15) is 5.75 Å². The van der Waals surface area contributed by atoms with Gasteiger partial charge in [0, 0.05) is 10.6 Å². The van der Waals surface area contributed by atoms with E-state index in [1.54, 1.807) is 7.11 Å². The van der Waals surface area contributed by atoms with Crippen molar-refractivity contribution in [2.45, 2.75) is 27.4 Å². The van der Waals surface area contributed by atoms with Crippen LogP contribution in [-0.4, -0.2) is 12.2 Å². The van der Waals surface area contributed by atoms with Gasteiger partial charge in [-0.1, -0.05) is 11.6 Å². The van der Waals surface area contributed by atoms with E-state index in [2.05, 4.69) is 0 Å². The van der Waals surface area contributed by atoms with E-state index in [-0.39, 0.29) is 6.61 Å². The second-order valence-corrected chi connectivity index (χ2v) is 3.74. The van der Waals surface area contributed by atoms with Crippen LogP contribution in [0.3, 0.4) is 0 Å². The molecule has 0 unspecified atom stereocenters. The minimum absolute atomic E-state index is 0.0458. The van der Waals surface area contributed by atoms with Gasteiger partial charge < -0.3 is 9.84 Å². The highest BCUT2D eigenvalue weighted by Gasteiger charge is 2.15. The molecular formula is C11H15ClO2. The third-order valence-corrected chi connectivity index (χ3v) is 3.22. The van der Waals surface area contributed by atoms with E-state index in [1.165, 1.54) is 0 Å². The fourth-order valence-electron chi connectivity index (χ4n) is 1.61. The number of aliphatic hydroxyl groups excluding tert-OH is 1. The molecule has 0 amide bonds. The van der Waals surface area contributed by atoms with Crippen LogP contribution in [0.15, 0.2) is 0 Å². The van der Waals surface area contributed by atoms with Gasteiger partial charge in [0.15, 0.2) is 0 Å². The second kappa shape index (κ2) is 4.20. The second-order valence-electron chi connectivity index (χ2n) is 3.36. The van der Waals surface area contributed by atoms with Crippen LogP contribution in [0.2, 0.25) is 5.02 Å². The molecule has 0 radical (unpaired) electrons. The summed E-state index contributed by atoms with van der Waals surface area (Å²) in [6, 6.07) is 0. The van der Waals surface area contributed by atoms with Crippen LogP contribution in [0.1, 0.15) is 22.3 Å². The zero-order chi connectivity index (χ0) is 10.9. The number of ether oxygens (including phenoxy) is 1. The van der Waals surface area contributed by atoms with Crippen LogP contribution in [-0.2, 0) is 6.61 Å². The molecule has 1 aromatic rings. The highest BCUT2D eigenvalue weighted by atomic mass is 35.5. The highest BCUT2D eigenvalue weighted by Crippen LogP contribution is 2.35. The summed E-state index contributed by atoms with van der Waals surface area (Å²) in [6.45, 7) is 5.74. The van der Waals surface area contributed by atoms with Crippen molar-refractivity contribution in [2.24, 2.45) is 0 Å². The van der Waals surface area contributed by atoms with Crippen LogP contribution in [0.4, 0.5) is 0 Å². The minimum atomic E-state index is -0.0458. The van der Waals surface area contributed by atoms with Gasteiger partial charge >= 0.3 is 0 Å². The number of hydrogen-bond acceptors (Lipinski definition) is 2. The smallest absolute Gasteiger partial charge is 0.127 e. The maximum Gasteiger partial charge on any atom is 0.127 e. The van der Waals surface area contributed by atoms with Crippen molar-refractivity contribution in [2.75, 3.05) is 7.11 Å². The predicted molar refractivity (Wildman–Crippen MR) is 58.1 cm³/mol. The van der Waals surface area contributed by atoms with Crippen molar-refractivity contribution in [3.8, 4) is 5.75 Å². The first-order valence-electron chi connectivity index (χ1n) is 4.47. The summed E-state index contributed by atoms with van der Waals surface area (Å²) in [5.74, 6) is 0.743. The number of hydrogen-bond donors (Lipinski definition) is 1. The summed E-state index contributed by atoms with van der Waals surface area (Å²) >= 11 is 6.13. The number of aliphatic hydroxyl groups is 1. The molecule has 2 nitrogen and oxygen atoms in total. The molecular weight excluding hydrogens is 200 g/mol. The van der Waals surface area contributed by atoms with Gasteiger partial charge in [-0.25, -0.2) is 0 Å². The summed E-state index contributed by atoms with van der Waals surface area (Å²) in [5.41, 5.74) is 3.68. The quantitative estimate of drug-likeness (QED) is 0.821. The summed E-state index contributed by atoms with van der Waals surface area (Å²) < 4.78 is 5.27. The normalized spacial score (nSPS) is 10.4. The molecule has 0 saturated carbocycles. The predicted octanol–water partition coefficient (Wildman–Crippen LogP) is 2.77. The highest BCUT2D eigenvalue weighted by molar-refractivity contribution is 6.32. The van der Waals surface area contributed by atoms with Gasteiger partial charge in [-0.2, -0.15) is 0 Å². The number of methoxy groups -OCH3 is 1. The molecule has 0 aliphatic heterocycles.